The first kappa shape index (κ1) is 20.8. The molecule has 1 unspecified atom stereocenters. The number of halogens is 3. The maximum absolute atomic E-state index is 13.1. The third-order valence-corrected chi connectivity index (χ3v) is 4.41. The number of hydrogen-bond donors (Lipinski definition) is 1. The van der Waals surface area contributed by atoms with Gasteiger partial charge in [0.15, 0.2) is 6.17 Å². The summed E-state index contributed by atoms with van der Waals surface area (Å²) in [5.74, 6) is -1.50. The van der Waals surface area contributed by atoms with E-state index in [2.05, 4.69) is 4.98 Å². The van der Waals surface area contributed by atoms with Gasteiger partial charge < -0.3 is 19.5 Å². The third kappa shape index (κ3) is 5.11. The van der Waals surface area contributed by atoms with Gasteiger partial charge in [0.05, 0.1) is 11.1 Å². The first-order chi connectivity index (χ1) is 13.9. The molecule has 2 heterocycles. The molecule has 0 spiro atoms. The Kier molecular flexibility index (Phi) is 6.48. The van der Waals surface area contributed by atoms with Crippen molar-refractivity contribution in [3.05, 3.63) is 46.6 Å². The minimum Gasteiger partial charge on any atom is -0.490 e. The SMILES string of the molecule is O=C(O)c1cc(OCC(F)CF)cc(Oc2ncc(C(=O)N3CCC3)cc2Cl)c1. The fourth-order valence-corrected chi connectivity index (χ4v) is 2.70. The summed E-state index contributed by atoms with van der Waals surface area (Å²) in [7, 11) is 0. The van der Waals surface area contributed by atoms with E-state index in [1.54, 1.807) is 4.90 Å². The van der Waals surface area contributed by atoms with Crippen molar-refractivity contribution < 1.29 is 33.0 Å². The first-order valence-corrected chi connectivity index (χ1v) is 9.09. The van der Waals surface area contributed by atoms with Crippen molar-refractivity contribution in [3.8, 4) is 17.4 Å². The van der Waals surface area contributed by atoms with Crippen LogP contribution >= 0.6 is 11.6 Å². The van der Waals surface area contributed by atoms with Gasteiger partial charge in [-0.05, 0) is 24.6 Å². The van der Waals surface area contributed by atoms with E-state index in [0.29, 0.717) is 18.7 Å². The molecule has 0 saturated carbocycles. The van der Waals surface area contributed by atoms with Crippen molar-refractivity contribution in [2.24, 2.45) is 0 Å². The van der Waals surface area contributed by atoms with Crippen molar-refractivity contribution in [3.63, 3.8) is 0 Å². The molecule has 1 aromatic carbocycles. The molecule has 1 aliphatic heterocycles. The smallest absolute Gasteiger partial charge is 0.335 e. The van der Waals surface area contributed by atoms with E-state index in [0.717, 1.165) is 12.5 Å². The number of carbonyl (C=O) groups is 2. The molecule has 154 valence electrons. The molecule has 3 rings (SSSR count). The van der Waals surface area contributed by atoms with Crippen LogP contribution in [0, 0.1) is 0 Å². The number of ether oxygens (including phenoxy) is 2. The lowest BCUT2D eigenvalue weighted by Gasteiger charge is -2.30. The molecule has 1 aromatic heterocycles. The molecule has 0 bridgehead atoms. The van der Waals surface area contributed by atoms with Crippen molar-refractivity contribution in [1.82, 2.24) is 9.88 Å². The summed E-state index contributed by atoms with van der Waals surface area (Å²) in [6.45, 7) is -0.432. The largest absolute Gasteiger partial charge is 0.490 e. The lowest BCUT2D eigenvalue weighted by atomic mass is 10.1. The second-order valence-corrected chi connectivity index (χ2v) is 6.73. The number of carboxylic acids is 1. The van der Waals surface area contributed by atoms with E-state index < -0.39 is 25.4 Å². The molecule has 1 atom stereocenters. The van der Waals surface area contributed by atoms with Crippen LogP contribution in [0.1, 0.15) is 27.1 Å². The molecule has 1 amide bonds. The second kappa shape index (κ2) is 9.04. The van der Waals surface area contributed by atoms with Gasteiger partial charge in [-0.25, -0.2) is 18.6 Å². The summed E-state index contributed by atoms with van der Waals surface area (Å²) >= 11 is 6.16. The number of likely N-dealkylation sites (tertiary alicyclic amines) is 1. The molecular formula is C19H17ClF2N2O5. The molecule has 0 aliphatic carbocycles. The van der Waals surface area contributed by atoms with Gasteiger partial charge in [-0.3, -0.25) is 4.79 Å². The van der Waals surface area contributed by atoms with E-state index >= 15 is 0 Å². The Morgan fingerprint density at radius 2 is 1.93 bits per heavy atom. The summed E-state index contributed by atoms with van der Waals surface area (Å²) in [6.07, 6.45) is 0.433. The predicted octanol–water partition coefficient (Wildman–Crippen LogP) is 3.76. The molecule has 2 aromatic rings. The van der Waals surface area contributed by atoms with Gasteiger partial charge in [0.2, 0.25) is 5.88 Å². The van der Waals surface area contributed by atoms with E-state index in [1.165, 1.54) is 24.4 Å². The third-order valence-electron chi connectivity index (χ3n) is 4.14. The number of carbonyl (C=O) groups excluding carboxylic acids is 1. The monoisotopic (exact) mass is 426 g/mol. The highest BCUT2D eigenvalue weighted by molar-refractivity contribution is 6.32. The van der Waals surface area contributed by atoms with Crippen LogP contribution in [0.4, 0.5) is 8.78 Å². The Balaban J connectivity index is 1.80. The number of benzene rings is 1. The molecule has 29 heavy (non-hydrogen) atoms. The number of nitrogens with zero attached hydrogens (tertiary/aromatic N) is 2. The number of amides is 1. The van der Waals surface area contributed by atoms with Crippen LogP contribution < -0.4 is 9.47 Å². The summed E-state index contributed by atoms with van der Waals surface area (Å²) in [4.78, 5) is 29.2. The zero-order valence-corrected chi connectivity index (χ0v) is 15.9. The van der Waals surface area contributed by atoms with Crippen LogP contribution in [0.25, 0.3) is 0 Å². The number of alkyl halides is 2. The predicted molar refractivity (Wildman–Crippen MR) is 99.6 cm³/mol. The van der Waals surface area contributed by atoms with Crippen molar-refractivity contribution in [1.29, 1.82) is 0 Å². The lowest BCUT2D eigenvalue weighted by molar-refractivity contribution is 0.0649. The van der Waals surface area contributed by atoms with Crippen molar-refractivity contribution in [2.45, 2.75) is 12.6 Å². The van der Waals surface area contributed by atoms with E-state index in [-0.39, 0.29) is 33.9 Å². The quantitative estimate of drug-likeness (QED) is 0.691. The topological polar surface area (TPSA) is 89.0 Å². The van der Waals surface area contributed by atoms with Crippen LogP contribution in [0.5, 0.6) is 17.4 Å². The van der Waals surface area contributed by atoms with Crippen LogP contribution in [0.2, 0.25) is 5.02 Å². The molecule has 1 N–H and O–H groups in total. The zero-order chi connectivity index (χ0) is 21.0. The number of hydrogen-bond acceptors (Lipinski definition) is 5. The van der Waals surface area contributed by atoms with E-state index in [1.807, 2.05) is 0 Å². The minimum atomic E-state index is -1.83. The van der Waals surface area contributed by atoms with Gasteiger partial charge in [0.25, 0.3) is 5.91 Å². The highest BCUT2D eigenvalue weighted by atomic mass is 35.5. The highest BCUT2D eigenvalue weighted by Gasteiger charge is 2.23. The summed E-state index contributed by atoms with van der Waals surface area (Å²) < 4.78 is 35.9. The summed E-state index contributed by atoms with van der Waals surface area (Å²) in [6, 6.07) is 5.07. The maximum Gasteiger partial charge on any atom is 0.335 e. The summed E-state index contributed by atoms with van der Waals surface area (Å²) in [5.41, 5.74) is 0.124. The average molecular weight is 427 g/mol. The Labute approximate surface area is 169 Å². The van der Waals surface area contributed by atoms with Crippen LogP contribution in [0.15, 0.2) is 30.5 Å². The van der Waals surface area contributed by atoms with Crippen LogP contribution in [-0.2, 0) is 0 Å². The fraction of sp³-hybridized carbons (Fsp3) is 0.316. The van der Waals surface area contributed by atoms with E-state index in [9.17, 15) is 23.5 Å². The number of carboxylic acid groups (broad SMARTS) is 1. The Bertz CT molecular complexity index is 923. The van der Waals surface area contributed by atoms with Gasteiger partial charge in [0.1, 0.15) is 29.8 Å². The van der Waals surface area contributed by atoms with Crippen molar-refractivity contribution in [2.75, 3.05) is 26.4 Å². The van der Waals surface area contributed by atoms with Gasteiger partial charge in [-0.15, -0.1) is 0 Å². The minimum absolute atomic E-state index is 0.0169. The summed E-state index contributed by atoms with van der Waals surface area (Å²) in [5, 5.41) is 9.28. The average Bonchev–Trinajstić information content (AvgIpc) is 2.66. The van der Waals surface area contributed by atoms with Gasteiger partial charge in [-0.1, -0.05) is 11.6 Å². The zero-order valence-electron chi connectivity index (χ0n) is 15.1. The molecule has 0 radical (unpaired) electrons. The molecule has 1 fully saturated rings. The first-order valence-electron chi connectivity index (χ1n) is 8.71. The molecule has 10 heteroatoms. The van der Waals surface area contributed by atoms with Gasteiger partial charge in [0, 0.05) is 25.4 Å². The normalized spacial score (nSPS) is 14.1. The standard InChI is InChI=1S/C19H17ClF2N2O5/c20-16-6-12(18(25)24-2-1-3-24)9-23-17(16)29-15-5-11(19(26)27)4-14(7-15)28-10-13(22)8-21/h4-7,9,13H,1-3,8,10H2,(H,26,27). The number of pyridine rings is 1. The van der Waals surface area contributed by atoms with Gasteiger partial charge >= 0.3 is 5.97 Å². The van der Waals surface area contributed by atoms with E-state index in [4.69, 9.17) is 21.1 Å². The van der Waals surface area contributed by atoms with Crippen LogP contribution in [0.3, 0.4) is 0 Å². The maximum atomic E-state index is 13.1. The Hall–Kier alpha value is -2.94. The molecular weight excluding hydrogens is 410 g/mol. The van der Waals surface area contributed by atoms with Crippen molar-refractivity contribution >= 4 is 23.5 Å². The number of rotatable bonds is 8. The fourth-order valence-electron chi connectivity index (χ4n) is 2.50. The Morgan fingerprint density at radius 1 is 1.21 bits per heavy atom. The van der Waals surface area contributed by atoms with Gasteiger partial charge in [-0.2, -0.15) is 0 Å². The molecule has 1 aliphatic rings. The number of aromatic nitrogens is 1. The number of aromatic carboxylic acids is 1. The molecule has 1 saturated heterocycles. The molecule has 7 nitrogen and oxygen atoms in total. The Morgan fingerprint density at radius 3 is 2.52 bits per heavy atom. The lowest BCUT2D eigenvalue weighted by Crippen LogP contribution is -2.42. The highest BCUT2D eigenvalue weighted by Crippen LogP contribution is 2.31. The second-order valence-electron chi connectivity index (χ2n) is 6.32. The van der Waals surface area contributed by atoms with Crippen LogP contribution in [-0.4, -0.2) is 59.4 Å².